The maximum absolute atomic E-state index is 12.6. The number of hydrogen-bond donors (Lipinski definition) is 1. The van der Waals surface area contributed by atoms with Crippen LogP contribution < -0.4 is 4.72 Å². The number of carbonyl (C=O) groups excluding carboxylic acids is 1. The predicted octanol–water partition coefficient (Wildman–Crippen LogP) is 2.95. The Morgan fingerprint density at radius 1 is 1.26 bits per heavy atom. The normalized spacial score (nSPS) is 12.8. The molecule has 0 spiro atoms. The number of ether oxygens (including phenoxy) is 1. The summed E-state index contributed by atoms with van der Waals surface area (Å²) in [4.78, 5) is 12.5. The highest BCUT2D eigenvalue weighted by Crippen LogP contribution is 2.25. The molecule has 1 atom stereocenters. The maximum atomic E-state index is 12.6. The van der Waals surface area contributed by atoms with E-state index in [1.54, 1.807) is 24.3 Å². The molecule has 5 nitrogen and oxygen atoms in total. The second-order valence-electron chi connectivity index (χ2n) is 5.22. The number of esters is 1. The molecule has 1 heterocycles. The number of sulfonamides is 1. The van der Waals surface area contributed by atoms with Gasteiger partial charge in [0.15, 0.2) is 0 Å². The Morgan fingerprint density at radius 2 is 2.00 bits per heavy atom. The monoisotopic (exact) mass is 353 g/mol. The van der Waals surface area contributed by atoms with Crippen molar-refractivity contribution < 1.29 is 17.9 Å². The summed E-state index contributed by atoms with van der Waals surface area (Å²) < 4.78 is 32.5. The molecule has 1 aromatic heterocycles. The molecule has 1 aromatic carbocycles. The summed E-state index contributed by atoms with van der Waals surface area (Å²) in [6.07, 6.45) is -0.0545. The van der Waals surface area contributed by atoms with Crippen molar-refractivity contribution in [2.24, 2.45) is 0 Å². The zero-order valence-corrected chi connectivity index (χ0v) is 14.8. The number of benzene rings is 1. The lowest BCUT2D eigenvalue weighted by molar-refractivity contribution is -0.141. The summed E-state index contributed by atoms with van der Waals surface area (Å²) >= 11 is 1.39. The first kappa shape index (κ1) is 17.7. The van der Waals surface area contributed by atoms with Gasteiger partial charge in [-0.3, -0.25) is 4.79 Å². The van der Waals surface area contributed by atoms with Crippen LogP contribution >= 0.6 is 11.3 Å². The van der Waals surface area contributed by atoms with Crippen LogP contribution in [0.25, 0.3) is 0 Å². The summed E-state index contributed by atoms with van der Waals surface area (Å²) in [5.41, 5.74) is 1.92. The molecule has 7 heteroatoms. The van der Waals surface area contributed by atoms with Crippen molar-refractivity contribution in [2.75, 3.05) is 7.11 Å². The van der Waals surface area contributed by atoms with E-state index in [9.17, 15) is 13.2 Å². The largest absolute Gasteiger partial charge is 0.469 e. The molecule has 0 saturated carbocycles. The Bertz CT molecular complexity index is 782. The summed E-state index contributed by atoms with van der Waals surface area (Å²) in [7, 11) is -2.45. The van der Waals surface area contributed by atoms with Gasteiger partial charge in [-0.2, -0.15) is 0 Å². The van der Waals surface area contributed by atoms with Gasteiger partial charge in [0.1, 0.15) is 0 Å². The lowest BCUT2D eigenvalue weighted by atomic mass is 10.1. The topological polar surface area (TPSA) is 72.5 Å². The highest BCUT2D eigenvalue weighted by atomic mass is 32.2. The fourth-order valence-electron chi connectivity index (χ4n) is 2.08. The molecular weight excluding hydrogens is 334 g/mol. The predicted molar refractivity (Wildman–Crippen MR) is 89.9 cm³/mol. The zero-order valence-electron chi connectivity index (χ0n) is 13.2. The van der Waals surface area contributed by atoms with Gasteiger partial charge >= 0.3 is 5.97 Å². The Morgan fingerprint density at radius 3 is 2.57 bits per heavy atom. The van der Waals surface area contributed by atoms with E-state index in [4.69, 9.17) is 0 Å². The average Bonchev–Trinajstić information content (AvgIpc) is 3.03. The van der Waals surface area contributed by atoms with Gasteiger partial charge in [-0.1, -0.05) is 12.1 Å². The van der Waals surface area contributed by atoms with Crippen molar-refractivity contribution >= 4 is 27.3 Å². The second-order valence-corrected chi connectivity index (χ2v) is 7.91. The van der Waals surface area contributed by atoms with Gasteiger partial charge in [0.2, 0.25) is 10.0 Å². The molecule has 0 bridgehead atoms. The molecule has 1 N–H and O–H groups in total. The molecule has 0 saturated heterocycles. The van der Waals surface area contributed by atoms with E-state index in [1.165, 1.54) is 18.4 Å². The third kappa shape index (κ3) is 4.40. The van der Waals surface area contributed by atoms with Crippen molar-refractivity contribution in [3.8, 4) is 0 Å². The smallest absolute Gasteiger partial charge is 0.307 e. The highest BCUT2D eigenvalue weighted by Gasteiger charge is 2.25. The van der Waals surface area contributed by atoms with Gasteiger partial charge in [-0.05, 0) is 48.6 Å². The van der Waals surface area contributed by atoms with Crippen molar-refractivity contribution in [1.29, 1.82) is 0 Å². The first-order valence-corrected chi connectivity index (χ1v) is 9.39. The first-order chi connectivity index (χ1) is 10.8. The standard InChI is InChI=1S/C16H19NO4S2/c1-11-6-7-13(9-12(11)2)23(19,20)17-14(10-16(18)21-3)15-5-4-8-22-15/h4-9,14,17H,10H2,1-3H3/t14-/m0/s1. The lowest BCUT2D eigenvalue weighted by Gasteiger charge is -2.17. The molecule has 0 fully saturated rings. The Balaban J connectivity index is 2.30. The lowest BCUT2D eigenvalue weighted by Crippen LogP contribution is -2.30. The van der Waals surface area contributed by atoms with Gasteiger partial charge in [0.05, 0.1) is 24.5 Å². The van der Waals surface area contributed by atoms with Gasteiger partial charge in [-0.15, -0.1) is 11.3 Å². The number of carbonyl (C=O) groups is 1. The molecule has 0 unspecified atom stereocenters. The van der Waals surface area contributed by atoms with Crippen LogP contribution in [0, 0.1) is 13.8 Å². The molecule has 0 amide bonds. The van der Waals surface area contributed by atoms with Crippen molar-refractivity contribution in [2.45, 2.75) is 31.2 Å². The number of methoxy groups -OCH3 is 1. The molecule has 0 aliphatic rings. The van der Waals surface area contributed by atoms with Crippen LogP contribution in [0.2, 0.25) is 0 Å². The van der Waals surface area contributed by atoms with E-state index in [-0.39, 0.29) is 11.3 Å². The third-order valence-electron chi connectivity index (χ3n) is 3.57. The van der Waals surface area contributed by atoms with E-state index in [1.807, 2.05) is 25.3 Å². The molecule has 23 heavy (non-hydrogen) atoms. The minimum Gasteiger partial charge on any atom is -0.469 e. The van der Waals surface area contributed by atoms with Crippen LogP contribution in [0.1, 0.15) is 28.5 Å². The quantitative estimate of drug-likeness (QED) is 0.811. The van der Waals surface area contributed by atoms with Crippen LogP contribution in [0.3, 0.4) is 0 Å². The van der Waals surface area contributed by atoms with Gasteiger partial charge in [0, 0.05) is 4.88 Å². The molecule has 2 aromatic rings. The molecule has 0 aliphatic heterocycles. The van der Waals surface area contributed by atoms with E-state index >= 15 is 0 Å². The van der Waals surface area contributed by atoms with Gasteiger partial charge in [0.25, 0.3) is 0 Å². The fourth-order valence-corrected chi connectivity index (χ4v) is 4.23. The summed E-state index contributed by atoms with van der Waals surface area (Å²) in [5.74, 6) is -0.466. The second kappa shape index (κ2) is 7.25. The van der Waals surface area contributed by atoms with Gasteiger partial charge in [-0.25, -0.2) is 13.1 Å². The van der Waals surface area contributed by atoms with Crippen LogP contribution in [0.5, 0.6) is 0 Å². The molecule has 0 aliphatic carbocycles. The summed E-state index contributed by atoms with van der Waals surface area (Å²) in [6.45, 7) is 3.78. The highest BCUT2D eigenvalue weighted by molar-refractivity contribution is 7.89. The zero-order chi connectivity index (χ0) is 17.0. The number of nitrogens with one attached hydrogen (secondary N) is 1. The molecular formula is C16H19NO4S2. The first-order valence-electron chi connectivity index (χ1n) is 7.03. The van der Waals surface area contributed by atoms with E-state index < -0.39 is 22.0 Å². The number of thiophene rings is 1. The van der Waals surface area contributed by atoms with Crippen LogP contribution in [0.4, 0.5) is 0 Å². The SMILES string of the molecule is COC(=O)C[C@H](NS(=O)(=O)c1ccc(C)c(C)c1)c1cccs1. The van der Waals surface area contributed by atoms with Crippen molar-refractivity contribution in [1.82, 2.24) is 4.72 Å². The Kier molecular flexibility index (Phi) is 5.56. The van der Waals surface area contributed by atoms with Crippen LogP contribution in [-0.2, 0) is 19.6 Å². The van der Waals surface area contributed by atoms with Crippen LogP contribution in [0.15, 0.2) is 40.6 Å². The Labute approximate surface area is 140 Å². The number of hydrogen-bond acceptors (Lipinski definition) is 5. The van der Waals surface area contributed by atoms with Crippen molar-refractivity contribution in [3.63, 3.8) is 0 Å². The fraction of sp³-hybridized carbons (Fsp3) is 0.312. The average molecular weight is 353 g/mol. The van der Waals surface area contributed by atoms with E-state index in [2.05, 4.69) is 9.46 Å². The molecule has 0 radical (unpaired) electrons. The van der Waals surface area contributed by atoms with E-state index in [0.29, 0.717) is 0 Å². The molecule has 2 rings (SSSR count). The molecule has 124 valence electrons. The Hall–Kier alpha value is -1.70. The summed E-state index contributed by atoms with van der Waals surface area (Å²) in [5, 5.41) is 1.84. The third-order valence-corrected chi connectivity index (χ3v) is 6.03. The summed E-state index contributed by atoms with van der Waals surface area (Å²) in [6, 6.07) is 7.92. The number of aryl methyl sites for hydroxylation is 2. The van der Waals surface area contributed by atoms with Crippen molar-refractivity contribution in [3.05, 3.63) is 51.7 Å². The number of rotatable bonds is 6. The minimum atomic E-state index is -3.73. The maximum Gasteiger partial charge on any atom is 0.307 e. The van der Waals surface area contributed by atoms with Crippen LogP contribution in [-0.4, -0.2) is 21.5 Å². The van der Waals surface area contributed by atoms with Gasteiger partial charge < -0.3 is 4.74 Å². The van der Waals surface area contributed by atoms with E-state index in [0.717, 1.165) is 16.0 Å². The minimum absolute atomic E-state index is 0.0545.